The van der Waals surface area contributed by atoms with E-state index in [0.717, 1.165) is 36.4 Å². The number of carboxylic acid groups (broad SMARTS) is 1. The van der Waals surface area contributed by atoms with Crippen molar-refractivity contribution in [2.24, 2.45) is 11.3 Å². The molecule has 0 radical (unpaired) electrons. The fourth-order valence-corrected chi connectivity index (χ4v) is 4.50. The van der Waals surface area contributed by atoms with Crippen molar-refractivity contribution in [2.75, 3.05) is 19.6 Å². The van der Waals surface area contributed by atoms with E-state index >= 15 is 0 Å². The van der Waals surface area contributed by atoms with E-state index in [0.29, 0.717) is 19.1 Å². The van der Waals surface area contributed by atoms with Gasteiger partial charge in [-0.3, -0.25) is 0 Å². The van der Waals surface area contributed by atoms with Gasteiger partial charge in [-0.2, -0.15) is 0 Å². The molecular formula is C26H34NNaO4. The van der Waals surface area contributed by atoms with Crippen molar-refractivity contribution < 1.29 is 49.3 Å². The predicted molar refractivity (Wildman–Crippen MR) is 120 cm³/mol. The van der Waals surface area contributed by atoms with Crippen molar-refractivity contribution in [2.45, 2.75) is 53.2 Å². The fraction of sp³-hybridized carbons (Fsp3) is 0.500. The first-order valence-corrected chi connectivity index (χ1v) is 11.1. The van der Waals surface area contributed by atoms with Gasteiger partial charge in [0.05, 0.1) is 6.61 Å². The minimum Gasteiger partial charge on any atom is -0.550 e. The monoisotopic (exact) mass is 447 g/mol. The number of carboxylic acids is 1. The van der Waals surface area contributed by atoms with Crippen molar-refractivity contribution in [3.05, 3.63) is 64.7 Å². The number of ether oxygens (including phenoxy) is 1. The van der Waals surface area contributed by atoms with Gasteiger partial charge >= 0.3 is 29.6 Å². The summed E-state index contributed by atoms with van der Waals surface area (Å²) in [6, 6.07) is 14.4. The molecule has 1 aliphatic heterocycles. The Hall–Kier alpha value is -1.37. The van der Waals surface area contributed by atoms with Crippen molar-refractivity contribution in [1.82, 2.24) is 4.90 Å². The van der Waals surface area contributed by atoms with Gasteiger partial charge in [0.15, 0.2) is 0 Å². The van der Waals surface area contributed by atoms with Gasteiger partial charge in [0.25, 0.3) is 0 Å². The second-order valence-electron chi connectivity index (χ2n) is 9.30. The number of aliphatic hydroxyl groups excluding tert-OH is 1. The third kappa shape index (κ3) is 6.15. The number of hydrogen-bond acceptors (Lipinski definition) is 5. The normalized spacial score (nSPS) is 16.2. The fourth-order valence-electron chi connectivity index (χ4n) is 4.50. The molecule has 2 aromatic rings. The number of carbonyl (C=O) groups excluding carboxylic acids is 1. The number of carbonyl (C=O) groups is 1. The summed E-state index contributed by atoms with van der Waals surface area (Å²) in [4.78, 5) is 13.6. The maximum absolute atomic E-state index is 11.5. The summed E-state index contributed by atoms with van der Waals surface area (Å²) in [6.45, 7) is 10.4. The average Bonchev–Trinajstić information content (AvgIpc) is 2.92. The van der Waals surface area contributed by atoms with Crippen LogP contribution in [0.15, 0.2) is 42.5 Å². The van der Waals surface area contributed by atoms with E-state index in [4.69, 9.17) is 4.74 Å². The Labute approximate surface area is 214 Å². The zero-order valence-electron chi connectivity index (χ0n) is 20.1. The first kappa shape index (κ1) is 26.9. The van der Waals surface area contributed by atoms with Crippen LogP contribution in [0.4, 0.5) is 0 Å². The molecule has 0 fully saturated rings. The molecule has 1 aliphatic rings. The van der Waals surface area contributed by atoms with Crippen LogP contribution in [-0.2, 0) is 18.0 Å². The maximum atomic E-state index is 11.5. The van der Waals surface area contributed by atoms with Gasteiger partial charge in [-0.1, -0.05) is 58.0 Å². The Morgan fingerprint density at radius 2 is 1.97 bits per heavy atom. The minimum atomic E-state index is -1.01. The van der Waals surface area contributed by atoms with E-state index < -0.39 is 11.4 Å². The van der Waals surface area contributed by atoms with Crippen LogP contribution in [0.25, 0.3) is 0 Å². The molecule has 6 heteroatoms. The largest absolute Gasteiger partial charge is 1.00 e. The van der Waals surface area contributed by atoms with Gasteiger partial charge in [-0.15, -0.1) is 0 Å². The van der Waals surface area contributed by atoms with Gasteiger partial charge in [0.1, 0.15) is 12.4 Å². The number of aliphatic carboxylic acids is 1. The van der Waals surface area contributed by atoms with E-state index in [1.165, 1.54) is 11.1 Å². The Kier molecular flexibility index (Phi) is 9.80. The van der Waals surface area contributed by atoms with Crippen molar-refractivity contribution in [1.29, 1.82) is 0 Å². The molecule has 1 N–H and O–H groups in total. The Morgan fingerprint density at radius 1 is 1.25 bits per heavy atom. The second-order valence-corrected chi connectivity index (χ2v) is 9.30. The van der Waals surface area contributed by atoms with E-state index in [9.17, 15) is 15.0 Å². The van der Waals surface area contributed by atoms with Crippen LogP contribution in [0.1, 0.15) is 62.3 Å². The quantitative estimate of drug-likeness (QED) is 0.561. The first-order chi connectivity index (χ1) is 14.8. The molecule has 0 aromatic heterocycles. The molecule has 0 amide bonds. The number of benzene rings is 2. The molecule has 0 bridgehead atoms. The van der Waals surface area contributed by atoms with E-state index in [1.54, 1.807) is 13.8 Å². The third-order valence-corrected chi connectivity index (χ3v) is 6.45. The molecule has 168 valence electrons. The van der Waals surface area contributed by atoms with Crippen molar-refractivity contribution in [3.8, 4) is 5.75 Å². The molecule has 0 saturated heterocycles. The number of aliphatic hydroxyl groups is 1. The van der Waals surface area contributed by atoms with Crippen molar-refractivity contribution >= 4 is 5.97 Å². The number of rotatable bonds is 9. The molecule has 1 heterocycles. The summed E-state index contributed by atoms with van der Waals surface area (Å²) in [5.74, 6) is 0.304. The molecule has 5 nitrogen and oxygen atoms in total. The zero-order chi connectivity index (χ0) is 22.6. The molecule has 2 aromatic carbocycles. The molecule has 2 atom stereocenters. The molecule has 32 heavy (non-hydrogen) atoms. The van der Waals surface area contributed by atoms with Gasteiger partial charge in [-0.25, -0.2) is 0 Å². The summed E-state index contributed by atoms with van der Waals surface area (Å²) in [5.41, 5.74) is 3.56. The van der Waals surface area contributed by atoms with Crippen LogP contribution < -0.4 is 39.4 Å². The van der Waals surface area contributed by atoms with Gasteiger partial charge in [0.2, 0.25) is 0 Å². The molecule has 2 unspecified atom stereocenters. The summed E-state index contributed by atoms with van der Waals surface area (Å²) < 4.78 is 6.13. The SMILES string of the molecule is CCN(CCC(C)C1c2ccccc2COc2ccc(CO)cc21)CC(C)(C)C(=O)[O-].[Na+]. The number of fused-ring (bicyclic) bond motifs is 2. The smallest absolute Gasteiger partial charge is 0.550 e. The Bertz CT molecular complexity index is 914. The second kappa shape index (κ2) is 11.7. The van der Waals surface area contributed by atoms with Gasteiger partial charge in [-0.05, 0) is 54.3 Å². The van der Waals surface area contributed by atoms with E-state index in [2.05, 4.69) is 43.0 Å². The topological polar surface area (TPSA) is 72.8 Å². The van der Waals surface area contributed by atoms with Crippen LogP contribution in [0.2, 0.25) is 0 Å². The van der Waals surface area contributed by atoms with Crippen LogP contribution in [0.5, 0.6) is 5.75 Å². The molecular weight excluding hydrogens is 413 g/mol. The van der Waals surface area contributed by atoms with E-state index in [-0.39, 0.29) is 42.1 Å². The zero-order valence-corrected chi connectivity index (χ0v) is 22.1. The van der Waals surface area contributed by atoms with Gasteiger partial charge < -0.3 is 24.6 Å². The summed E-state index contributed by atoms with van der Waals surface area (Å²) >= 11 is 0. The van der Waals surface area contributed by atoms with Crippen LogP contribution in [0, 0.1) is 11.3 Å². The molecule has 0 aliphatic carbocycles. The minimum absolute atomic E-state index is 0. The molecule has 0 saturated carbocycles. The Morgan fingerprint density at radius 3 is 2.62 bits per heavy atom. The van der Waals surface area contributed by atoms with Crippen LogP contribution in [0.3, 0.4) is 0 Å². The molecule has 3 rings (SSSR count). The predicted octanol–water partition coefficient (Wildman–Crippen LogP) is 0.331. The van der Waals surface area contributed by atoms with Crippen molar-refractivity contribution in [3.63, 3.8) is 0 Å². The van der Waals surface area contributed by atoms with Gasteiger partial charge in [0, 0.05) is 29.4 Å². The van der Waals surface area contributed by atoms with Crippen LogP contribution in [-0.4, -0.2) is 35.6 Å². The Balaban J connectivity index is 0.00000363. The maximum Gasteiger partial charge on any atom is 1.00 e. The number of hydrogen-bond donors (Lipinski definition) is 1. The summed E-state index contributed by atoms with van der Waals surface area (Å²) in [7, 11) is 0. The summed E-state index contributed by atoms with van der Waals surface area (Å²) in [6.07, 6.45) is 0.915. The third-order valence-electron chi connectivity index (χ3n) is 6.45. The first-order valence-electron chi connectivity index (χ1n) is 11.1. The average molecular weight is 448 g/mol. The van der Waals surface area contributed by atoms with Crippen LogP contribution >= 0.6 is 0 Å². The number of nitrogens with zero attached hydrogens (tertiary/aromatic N) is 1. The van der Waals surface area contributed by atoms with E-state index in [1.807, 2.05) is 18.2 Å². The summed E-state index contributed by atoms with van der Waals surface area (Å²) in [5, 5.41) is 21.1. The molecule has 0 spiro atoms. The standard InChI is InChI=1S/C26H35NO4.Na/c1-5-27(17-26(3,4)25(29)30)13-12-18(2)24-21-9-7-6-8-20(21)16-31-23-11-10-19(15-28)14-22(23)24;/h6-11,14,18,24,28H,5,12-13,15-17H2,1-4H3,(H,29,30);/q;+1/p-1.